The fourth-order valence-electron chi connectivity index (χ4n) is 2.58. The molecule has 5 heteroatoms. The van der Waals surface area contributed by atoms with Crippen molar-refractivity contribution in [2.45, 2.75) is 13.1 Å². The number of nitrogens with zero attached hydrogens (tertiary/aromatic N) is 1. The van der Waals surface area contributed by atoms with Gasteiger partial charge in [0, 0.05) is 12.1 Å². The van der Waals surface area contributed by atoms with Crippen molar-refractivity contribution in [1.29, 1.82) is 0 Å². The zero-order valence-corrected chi connectivity index (χ0v) is 13.8. The molecule has 0 radical (unpaired) electrons. The highest BCUT2D eigenvalue weighted by atomic mass is 19.1. The monoisotopic (exact) mass is 339 g/mol. The van der Waals surface area contributed by atoms with Crippen LogP contribution in [-0.2, 0) is 13.1 Å². The molecule has 0 unspecified atom stereocenters. The Morgan fingerprint density at radius 1 is 1.08 bits per heavy atom. The van der Waals surface area contributed by atoms with E-state index in [0.29, 0.717) is 29.2 Å². The van der Waals surface area contributed by atoms with Gasteiger partial charge in [-0.25, -0.2) is 4.39 Å². The second-order valence-electron chi connectivity index (χ2n) is 5.60. The van der Waals surface area contributed by atoms with Crippen LogP contribution in [0.25, 0.3) is 0 Å². The largest absolute Gasteiger partial charge is 0.497 e. The van der Waals surface area contributed by atoms with Crippen molar-refractivity contribution >= 4 is 5.91 Å². The average Bonchev–Trinajstić information content (AvgIpc) is 3.14. The van der Waals surface area contributed by atoms with Crippen molar-refractivity contribution in [1.82, 2.24) is 4.90 Å². The minimum atomic E-state index is -0.329. The third-order valence-electron chi connectivity index (χ3n) is 3.79. The van der Waals surface area contributed by atoms with Crippen molar-refractivity contribution in [2.24, 2.45) is 0 Å². The number of rotatable bonds is 6. The van der Waals surface area contributed by atoms with Gasteiger partial charge in [0.05, 0.1) is 19.9 Å². The van der Waals surface area contributed by atoms with Crippen LogP contribution in [0.3, 0.4) is 0 Å². The summed E-state index contributed by atoms with van der Waals surface area (Å²) in [6, 6.07) is 16.7. The summed E-state index contributed by atoms with van der Waals surface area (Å²) in [5.74, 6) is 0.756. The number of methoxy groups -OCH3 is 1. The lowest BCUT2D eigenvalue weighted by molar-refractivity contribution is 0.0717. The summed E-state index contributed by atoms with van der Waals surface area (Å²) in [5.41, 5.74) is 1.21. The second-order valence-corrected chi connectivity index (χ2v) is 5.60. The number of amides is 1. The summed E-state index contributed by atoms with van der Waals surface area (Å²) in [7, 11) is 1.55. The van der Waals surface area contributed by atoms with Crippen LogP contribution in [-0.4, -0.2) is 17.9 Å². The number of carbonyl (C=O) groups is 1. The molecule has 0 saturated carbocycles. The van der Waals surface area contributed by atoms with E-state index < -0.39 is 0 Å². The van der Waals surface area contributed by atoms with Crippen molar-refractivity contribution in [3.8, 4) is 5.75 Å². The van der Waals surface area contributed by atoms with Crippen molar-refractivity contribution < 1.29 is 18.3 Å². The highest BCUT2D eigenvalue weighted by Crippen LogP contribution is 2.18. The standard InChI is InChI=1S/C20H18FNO3/c1-24-18-8-3-6-16(12-18)20(23)22(14-19-9-4-10-25-19)13-15-5-2-7-17(21)11-15/h2-12H,13-14H2,1H3. The van der Waals surface area contributed by atoms with Crippen LogP contribution in [0.5, 0.6) is 5.75 Å². The average molecular weight is 339 g/mol. The number of hydrogen-bond acceptors (Lipinski definition) is 3. The molecular formula is C20H18FNO3. The number of furan rings is 1. The van der Waals surface area contributed by atoms with Crippen LogP contribution >= 0.6 is 0 Å². The Morgan fingerprint density at radius 2 is 1.92 bits per heavy atom. The minimum Gasteiger partial charge on any atom is -0.497 e. The molecule has 1 heterocycles. The van der Waals surface area contributed by atoms with E-state index in [1.165, 1.54) is 12.1 Å². The number of carbonyl (C=O) groups excluding carboxylic acids is 1. The van der Waals surface area contributed by atoms with E-state index >= 15 is 0 Å². The molecule has 0 saturated heterocycles. The molecule has 0 aliphatic rings. The fourth-order valence-corrected chi connectivity index (χ4v) is 2.58. The van der Waals surface area contributed by atoms with E-state index in [-0.39, 0.29) is 18.3 Å². The summed E-state index contributed by atoms with van der Waals surface area (Å²) in [6.07, 6.45) is 1.56. The van der Waals surface area contributed by atoms with E-state index in [9.17, 15) is 9.18 Å². The Hall–Kier alpha value is -3.08. The number of halogens is 1. The third kappa shape index (κ3) is 4.26. The molecule has 0 spiro atoms. The zero-order chi connectivity index (χ0) is 17.6. The molecule has 0 atom stereocenters. The van der Waals surface area contributed by atoms with Crippen LogP contribution in [0.4, 0.5) is 4.39 Å². The van der Waals surface area contributed by atoms with Crippen molar-refractivity contribution in [3.05, 3.63) is 89.6 Å². The first-order valence-corrected chi connectivity index (χ1v) is 7.86. The Kier molecular flexibility index (Phi) is 5.14. The first kappa shape index (κ1) is 16.8. The molecule has 0 N–H and O–H groups in total. The van der Waals surface area contributed by atoms with Gasteiger partial charge in [0.2, 0.25) is 0 Å². The first-order valence-electron chi connectivity index (χ1n) is 7.86. The lowest BCUT2D eigenvalue weighted by atomic mass is 10.1. The number of ether oxygens (including phenoxy) is 1. The molecule has 2 aromatic carbocycles. The molecule has 3 rings (SSSR count). The van der Waals surface area contributed by atoms with Crippen LogP contribution in [0.15, 0.2) is 71.3 Å². The van der Waals surface area contributed by atoms with Crippen LogP contribution in [0.1, 0.15) is 21.7 Å². The van der Waals surface area contributed by atoms with E-state index in [1.807, 2.05) is 0 Å². The van der Waals surface area contributed by atoms with E-state index in [4.69, 9.17) is 9.15 Å². The van der Waals surface area contributed by atoms with Crippen molar-refractivity contribution in [2.75, 3.05) is 7.11 Å². The lowest BCUT2D eigenvalue weighted by Gasteiger charge is -2.22. The summed E-state index contributed by atoms with van der Waals surface area (Å²) in [6.45, 7) is 0.564. The zero-order valence-electron chi connectivity index (χ0n) is 13.8. The maximum Gasteiger partial charge on any atom is 0.254 e. The molecule has 4 nitrogen and oxygen atoms in total. The molecule has 128 valence electrons. The number of benzene rings is 2. The predicted molar refractivity (Wildman–Crippen MR) is 91.7 cm³/mol. The second kappa shape index (κ2) is 7.66. The summed E-state index contributed by atoms with van der Waals surface area (Å²) >= 11 is 0. The molecule has 0 aliphatic carbocycles. The van der Waals surface area contributed by atoms with Crippen LogP contribution in [0.2, 0.25) is 0 Å². The topological polar surface area (TPSA) is 42.7 Å². The maximum absolute atomic E-state index is 13.5. The molecule has 0 aliphatic heterocycles. The summed E-state index contributed by atoms with van der Waals surface area (Å²) in [4.78, 5) is 14.6. The van der Waals surface area contributed by atoms with Gasteiger partial charge in [0.25, 0.3) is 5.91 Å². The Bertz CT molecular complexity index is 846. The summed E-state index contributed by atoms with van der Waals surface area (Å²) < 4.78 is 24.0. The SMILES string of the molecule is COc1cccc(C(=O)N(Cc2cccc(F)c2)Cc2ccco2)c1. The molecule has 3 aromatic rings. The minimum absolute atomic E-state index is 0.181. The summed E-state index contributed by atoms with van der Waals surface area (Å²) in [5, 5.41) is 0. The van der Waals surface area contributed by atoms with E-state index in [2.05, 4.69) is 0 Å². The molecule has 0 bridgehead atoms. The molecular weight excluding hydrogens is 321 g/mol. The van der Waals surface area contributed by atoms with Gasteiger partial charge >= 0.3 is 0 Å². The molecule has 0 fully saturated rings. The van der Waals surface area contributed by atoms with E-state index in [0.717, 1.165) is 0 Å². The molecule has 1 amide bonds. The molecule has 25 heavy (non-hydrogen) atoms. The Labute approximate surface area is 145 Å². The Morgan fingerprint density at radius 3 is 2.64 bits per heavy atom. The van der Waals surface area contributed by atoms with Gasteiger partial charge in [0.15, 0.2) is 0 Å². The highest BCUT2D eigenvalue weighted by Gasteiger charge is 2.18. The third-order valence-corrected chi connectivity index (χ3v) is 3.79. The van der Waals surface area contributed by atoms with Gasteiger partial charge in [-0.15, -0.1) is 0 Å². The predicted octanol–water partition coefficient (Wildman–Crippen LogP) is 4.27. The van der Waals surface area contributed by atoms with Gasteiger partial charge < -0.3 is 14.1 Å². The van der Waals surface area contributed by atoms with Crippen molar-refractivity contribution in [3.63, 3.8) is 0 Å². The van der Waals surface area contributed by atoms with Crippen LogP contribution in [0, 0.1) is 5.82 Å². The van der Waals surface area contributed by atoms with Gasteiger partial charge in [0.1, 0.15) is 17.3 Å². The van der Waals surface area contributed by atoms with Gasteiger partial charge in [-0.3, -0.25) is 4.79 Å². The van der Waals surface area contributed by atoms with E-state index in [1.54, 1.807) is 66.8 Å². The molecule has 1 aromatic heterocycles. The van der Waals surface area contributed by atoms with Gasteiger partial charge in [-0.05, 0) is 48.0 Å². The lowest BCUT2D eigenvalue weighted by Crippen LogP contribution is -2.30. The number of hydrogen-bond donors (Lipinski definition) is 0. The Balaban J connectivity index is 1.87. The maximum atomic E-state index is 13.5. The quantitative estimate of drug-likeness (QED) is 0.673. The smallest absolute Gasteiger partial charge is 0.254 e. The highest BCUT2D eigenvalue weighted by molar-refractivity contribution is 5.94. The fraction of sp³-hybridized carbons (Fsp3) is 0.150. The van der Waals surface area contributed by atoms with Gasteiger partial charge in [-0.2, -0.15) is 0 Å². The van der Waals surface area contributed by atoms with Gasteiger partial charge in [-0.1, -0.05) is 18.2 Å². The van der Waals surface area contributed by atoms with Crippen LogP contribution < -0.4 is 4.74 Å². The first-order chi connectivity index (χ1) is 12.2. The normalized spacial score (nSPS) is 10.5.